The predicted molar refractivity (Wildman–Crippen MR) is 181 cm³/mol. The number of β-amino-alcohol motifs (C(OH)–C–C–N with tert-alkyl or cyclic N) is 1. The Kier molecular flexibility index (Phi) is 8.75. The first-order chi connectivity index (χ1) is 23.8. The molecule has 4 atom stereocenters. The van der Waals surface area contributed by atoms with Gasteiger partial charge in [0.2, 0.25) is 0 Å². The normalized spacial score (nSPS) is 26.4. The number of aliphatic hydroxyl groups excluding tert-OH is 1. The maximum absolute atomic E-state index is 17.0. The van der Waals surface area contributed by atoms with Crippen molar-refractivity contribution in [2.75, 3.05) is 57.6 Å². The fraction of sp³-hybridized carbons (Fsp3) is 0.541. The lowest BCUT2D eigenvalue weighted by molar-refractivity contribution is -0.0240. The zero-order chi connectivity index (χ0) is 33.7. The summed E-state index contributed by atoms with van der Waals surface area (Å²) in [6, 6.07) is 6.76. The number of fused-ring (bicyclic) bond motifs is 3. The van der Waals surface area contributed by atoms with Crippen LogP contribution in [0.4, 0.5) is 14.6 Å². The van der Waals surface area contributed by atoms with Gasteiger partial charge >= 0.3 is 6.01 Å². The van der Waals surface area contributed by atoms with Gasteiger partial charge in [0.1, 0.15) is 28.6 Å². The minimum absolute atomic E-state index is 0.00412. The Morgan fingerprint density at radius 1 is 1.04 bits per heavy atom. The van der Waals surface area contributed by atoms with Crippen molar-refractivity contribution in [2.45, 2.75) is 70.1 Å². The van der Waals surface area contributed by atoms with Gasteiger partial charge in [-0.25, -0.2) is 8.78 Å². The minimum Gasteiger partial charge on any atom is -0.508 e. The van der Waals surface area contributed by atoms with Crippen molar-refractivity contribution in [3.63, 3.8) is 0 Å². The molecule has 4 aliphatic rings. The average Bonchev–Trinajstić information content (AvgIpc) is 3.75. The van der Waals surface area contributed by atoms with E-state index < -0.39 is 17.7 Å². The van der Waals surface area contributed by atoms with Gasteiger partial charge in [0.25, 0.3) is 0 Å². The van der Waals surface area contributed by atoms with E-state index in [1.807, 2.05) is 11.8 Å². The van der Waals surface area contributed by atoms with Crippen LogP contribution in [0.1, 0.15) is 51.0 Å². The van der Waals surface area contributed by atoms with Crippen molar-refractivity contribution >= 4 is 27.5 Å². The van der Waals surface area contributed by atoms with Crippen LogP contribution in [0.5, 0.6) is 11.8 Å². The van der Waals surface area contributed by atoms with E-state index in [1.165, 1.54) is 24.4 Å². The lowest BCUT2D eigenvalue weighted by atomic mass is 9.75. The van der Waals surface area contributed by atoms with Crippen LogP contribution in [0.2, 0.25) is 0 Å². The first-order valence-corrected chi connectivity index (χ1v) is 17.6. The fourth-order valence-electron chi connectivity index (χ4n) is 8.90. The summed E-state index contributed by atoms with van der Waals surface area (Å²) in [5.74, 6) is -0.814. The van der Waals surface area contributed by atoms with Crippen LogP contribution in [-0.2, 0) is 15.9 Å². The van der Waals surface area contributed by atoms with Gasteiger partial charge in [-0.1, -0.05) is 19.4 Å². The van der Waals surface area contributed by atoms with Gasteiger partial charge in [0.05, 0.1) is 37.9 Å². The third-order valence-electron chi connectivity index (χ3n) is 11.2. The molecular weight excluding hydrogens is 632 g/mol. The second-order valence-electron chi connectivity index (χ2n) is 14.1. The van der Waals surface area contributed by atoms with Gasteiger partial charge in [0.15, 0.2) is 5.82 Å². The molecule has 0 bridgehead atoms. The van der Waals surface area contributed by atoms with Crippen molar-refractivity contribution in [1.82, 2.24) is 19.9 Å². The van der Waals surface area contributed by atoms with Crippen LogP contribution in [0.3, 0.4) is 0 Å². The largest absolute Gasteiger partial charge is 0.508 e. The van der Waals surface area contributed by atoms with E-state index in [9.17, 15) is 10.2 Å². The number of phenolic OH excluding ortho intramolecular Hbond substituents is 1. The smallest absolute Gasteiger partial charge is 0.319 e. The summed E-state index contributed by atoms with van der Waals surface area (Å²) < 4.78 is 49.9. The van der Waals surface area contributed by atoms with Crippen molar-refractivity contribution in [2.24, 2.45) is 5.41 Å². The number of benzene rings is 2. The lowest BCUT2D eigenvalue weighted by Crippen LogP contribution is -2.55. The van der Waals surface area contributed by atoms with E-state index in [-0.39, 0.29) is 47.1 Å². The highest BCUT2D eigenvalue weighted by Crippen LogP contribution is 2.49. The number of aliphatic hydroxyl groups is 1. The predicted octanol–water partition coefficient (Wildman–Crippen LogP) is 5.39. The summed E-state index contributed by atoms with van der Waals surface area (Å²) in [6.45, 7) is 6.08. The molecule has 2 N–H and O–H groups in total. The van der Waals surface area contributed by atoms with Gasteiger partial charge < -0.3 is 29.3 Å². The van der Waals surface area contributed by atoms with E-state index in [0.717, 1.165) is 58.3 Å². The van der Waals surface area contributed by atoms with Crippen LogP contribution in [0.25, 0.3) is 32.9 Å². The Balaban J connectivity index is 1.23. The minimum atomic E-state index is -0.763. The number of ether oxygens (including phenoxy) is 3. The number of halogens is 2. The molecule has 2 aromatic carbocycles. The van der Waals surface area contributed by atoms with E-state index in [1.54, 1.807) is 6.07 Å². The molecule has 4 fully saturated rings. The van der Waals surface area contributed by atoms with Crippen molar-refractivity contribution in [1.29, 1.82) is 0 Å². The summed E-state index contributed by atoms with van der Waals surface area (Å²) >= 11 is 0. The first kappa shape index (κ1) is 32.5. The average molecular weight is 676 g/mol. The lowest BCUT2D eigenvalue weighted by Gasteiger charge is -2.48. The number of hydrogen-bond donors (Lipinski definition) is 2. The van der Waals surface area contributed by atoms with Crippen molar-refractivity contribution < 1.29 is 33.2 Å². The topological polar surface area (TPSA) is 113 Å². The molecule has 0 radical (unpaired) electrons. The molecule has 1 aliphatic carbocycles. The fourth-order valence-corrected chi connectivity index (χ4v) is 8.90. The van der Waals surface area contributed by atoms with E-state index in [2.05, 4.69) is 14.9 Å². The summed E-state index contributed by atoms with van der Waals surface area (Å²) in [5.41, 5.74) is 0.576. The molecule has 3 saturated heterocycles. The molecule has 5 heterocycles. The molecule has 4 aromatic rings. The number of hydrogen-bond acceptors (Lipinski definition) is 10. The Morgan fingerprint density at radius 2 is 1.90 bits per heavy atom. The number of anilines is 1. The standard InChI is InChI=1S/C37H43F2N5O5/c1-2-26-29(38)7-6-22-15-24(45)16-27(31(22)26)33-32(39)34-28(17-40-33)35(43-12-14-48-20-25(46)18-43)42-36(41-34)49-21-37-9-3-5-30(37)44(11-4-10-37)23-8-13-47-19-23/h6-7,15-17,23,25,30,45-46H,2-5,8-14,18-21H2,1H3. The molecule has 49 heavy (non-hydrogen) atoms. The van der Waals surface area contributed by atoms with E-state index >= 15 is 8.78 Å². The number of rotatable bonds is 7. The first-order valence-electron chi connectivity index (χ1n) is 17.6. The van der Waals surface area contributed by atoms with E-state index in [4.69, 9.17) is 19.2 Å². The zero-order valence-corrected chi connectivity index (χ0v) is 27.8. The highest BCUT2D eigenvalue weighted by molar-refractivity contribution is 6.01. The second-order valence-corrected chi connectivity index (χ2v) is 14.1. The van der Waals surface area contributed by atoms with Crippen molar-refractivity contribution in [3.8, 4) is 23.0 Å². The van der Waals surface area contributed by atoms with E-state index in [0.29, 0.717) is 65.8 Å². The number of aromatic hydroxyl groups is 1. The molecule has 10 nitrogen and oxygen atoms in total. The summed E-state index contributed by atoms with van der Waals surface area (Å²) in [4.78, 5) is 18.6. The molecule has 12 heteroatoms. The van der Waals surface area contributed by atoms with Gasteiger partial charge in [0, 0.05) is 49.0 Å². The quantitative estimate of drug-likeness (QED) is 0.264. The molecule has 1 saturated carbocycles. The van der Waals surface area contributed by atoms with Gasteiger partial charge in [-0.15, -0.1) is 0 Å². The van der Waals surface area contributed by atoms with Crippen LogP contribution in [0.15, 0.2) is 30.5 Å². The number of aryl methyl sites for hydroxylation is 1. The maximum Gasteiger partial charge on any atom is 0.319 e. The molecule has 4 unspecified atom stereocenters. The Labute approximate surface area is 284 Å². The van der Waals surface area contributed by atoms with Crippen LogP contribution in [-0.4, -0.2) is 101 Å². The summed E-state index contributed by atoms with van der Waals surface area (Å²) in [5, 5.41) is 22.7. The number of pyridine rings is 1. The molecule has 0 spiro atoms. The van der Waals surface area contributed by atoms with Gasteiger partial charge in [-0.2, -0.15) is 9.97 Å². The Bertz CT molecular complexity index is 1870. The summed E-state index contributed by atoms with van der Waals surface area (Å²) in [6.07, 6.45) is 7.56. The molecule has 260 valence electrons. The molecule has 3 aliphatic heterocycles. The third-order valence-corrected chi connectivity index (χ3v) is 11.2. The highest BCUT2D eigenvalue weighted by atomic mass is 19.1. The zero-order valence-electron chi connectivity index (χ0n) is 27.8. The number of likely N-dealkylation sites (tertiary alicyclic amines) is 1. The number of aromatic nitrogens is 3. The molecule has 0 amide bonds. The van der Waals surface area contributed by atoms with Crippen LogP contribution < -0.4 is 9.64 Å². The Morgan fingerprint density at radius 3 is 2.73 bits per heavy atom. The third kappa shape index (κ3) is 5.86. The maximum atomic E-state index is 17.0. The Hall–Kier alpha value is -3.71. The highest BCUT2D eigenvalue weighted by Gasteiger charge is 2.50. The van der Waals surface area contributed by atoms with Gasteiger partial charge in [-0.3, -0.25) is 9.88 Å². The van der Waals surface area contributed by atoms with Crippen molar-refractivity contribution in [3.05, 3.63) is 47.7 Å². The summed E-state index contributed by atoms with van der Waals surface area (Å²) in [7, 11) is 0. The van der Waals surface area contributed by atoms with Crippen LogP contribution >= 0.6 is 0 Å². The molecule has 8 rings (SSSR count). The number of piperidine rings is 1. The molecular formula is C37H43F2N5O5. The van der Waals surface area contributed by atoms with Gasteiger partial charge in [-0.05, 0) is 79.6 Å². The number of phenols is 1. The second kappa shape index (κ2) is 13.2. The monoisotopic (exact) mass is 675 g/mol. The molecule has 2 aromatic heterocycles. The number of nitrogens with zero attached hydrogens (tertiary/aromatic N) is 5. The van der Waals surface area contributed by atoms with Crippen LogP contribution in [0, 0.1) is 17.0 Å². The SMILES string of the molecule is CCc1c(F)ccc2cc(O)cc(-c3ncc4c(N5CCOCC(O)C5)nc(OCC56CCCC5N(C5CCOC5)CCC6)nc4c3F)c12.